The van der Waals surface area contributed by atoms with Crippen LogP contribution in [0.5, 0.6) is 11.5 Å². The maximum absolute atomic E-state index is 13.0. The molecular weight excluding hydrogens is 402 g/mol. The highest BCUT2D eigenvalue weighted by Gasteiger charge is 2.46. The van der Waals surface area contributed by atoms with E-state index in [-0.39, 0.29) is 18.3 Å². The molecule has 0 unspecified atom stereocenters. The summed E-state index contributed by atoms with van der Waals surface area (Å²) in [6.45, 7) is 4.19. The molecular formula is C22H19N3O4S. The normalized spacial score (nSPS) is 15.7. The third-order valence-corrected chi connectivity index (χ3v) is 5.91. The third-order valence-electron chi connectivity index (χ3n) is 5.58. The van der Waals surface area contributed by atoms with E-state index in [9.17, 15) is 9.59 Å². The van der Waals surface area contributed by atoms with E-state index in [1.165, 1.54) is 4.57 Å². The molecule has 2 aliphatic rings. The summed E-state index contributed by atoms with van der Waals surface area (Å²) in [5.74, 6) is 1.21. The lowest BCUT2D eigenvalue weighted by atomic mass is 10.0. The molecule has 2 aromatic carbocycles. The maximum atomic E-state index is 13.0. The highest BCUT2D eigenvalue weighted by atomic mass is 32.1. The first kappa shape index (κ1) is 18.6. The lowest BCUT2D eigenvalue weighted by molar-refractivity contribution is 0.0931. The van der Waals surface area contributed by atoms with E-state index >= 15 is 0 Å². The quantitative estimate of drug-likeness (QED) is 0.487. The molecule has 1 aliphatic heterocycles. The van der Waals surface area contributed by atoms with Crippen LogP contribution >= 0.6 is 12.2 Å². The average Bonchev–Trinajstić information content (AvgIpc) is 3.36. The number of rotatable bonds is 5. The van der Waals surface area contributed by atoms with E-state index in [1.807, 2.05) is 18.2 Å². The fourth-order valence-corrected chi connectivity index (χ4v) is 4.05. The van der Waals surface area contributed by atoms with Gasteiger partial charge in [-0.3, -0.25) is 14.2 Å². The van der Waals surface area contributed by atoms with Crippen molar-refractivity contribution in [2.45, 2.75) is 24.9 Å². The van der Waals surface area contributed by atoms with Crippen LogP contribution in [0.1, 0.15) is 28.8 Å². The number of nitrogens with zero attached hydrogens (tertiary/aromatic N) is 1. The second-order valence-corrected chi connectivity index (χ2v) is 7.89. The highest BCUT2D eigenvalue weighted by Crippen LogP contribution is 2.48. The van der Waals surface area contributed by atoms with Crippen LogP contribution in [0.25, 0.3) is 10.9 Å². The number of carbonyl (C=O) groups excluding carboxylic acids is 1. The molecule has 0 spiro atoms. The Bertz CT molecular complexity index is 1320. The summed E-state index contributed by atoms with van der Waals surface area (Å²) >= 11 is 5.28. The van der Waals surface area contributed by atoms with E-state index < -0.39 is 5.54 Å². The van der Waals surface area contributed by atoms with Gasteiger partial charge < -0.3 is 19.8 Å². The number of amides is 1. The smallest absolute Gasteiger partial charge is 0.262 e. The Labute approximate surface area is 176 Å². The van der Waals surface area contributed by atoms with Crippen LogP contribution in [-0.4, -0.2) is 22.3 Å². The summed E-state index contributed by atoms with van der Waals surface area (Å²) in [4.78, 5) is 28.7. The Morgan fingerprint density at radius 1 is 1.23 bits per heavy atom. The summed E-state index contributed by atoms with van der Waals surface area (Å²) in [6, 6.07) is 10.7. The third kappa shape index (κ3) is 3.00. The fourth-order valence-electron chi connectivity index (χ4n) is 3.79. The first-order chi connectivity index (χ1) is 14.5. The lowest BCUT2D eigenvalue weighted by Gasteiger charge is -2.18. The van der Waals surface area contributed by atoms with Crippen LogP contribution in [0.4, 0.5) is 0 Å². The number of hydrogen-bond acceptors (Lipinski definition) is 5. The molecule has 7 nitrogen and oxygen atoms in total. The molecule has 0 bridgehead atoms. The standard InChI is InChI=1S/C22H19N3O4S/c1-2-9-25-20(27)15-5-3-13(10-16(15)23-21(25)30)19(26)24-22(7-8-22)14-4-6-17-18(11-14)29-12-28-17/h2-6,10-11H,1,7-9,12H2,(H,23,30)(H,24,26). The summed E-state index contributed by atoms with van der Waals surface area (Å²) in [5, 5.41) is 3.62. The second-order valence-electron chi connectivity index (χ2n) is 7.50. The van der Waals surface area contributed by atoms with Gasteiger partial charge >= 0.3 is 0 Å². The number of aromatic nitrogens is 2. The molecule has 1 amide bonds. The van der Waals surface area contributed by atoms with Crippen LogP contribution in [0.15, 0.2) is 53.8 Å². The molecule has 1 aromatic heterocycles. The monoisotopic (exact) mass is 421 g/mol. The van der Waals surface area contributed by atoms with Gasteiger partial charge in [0.1, 0.15) is 0 Å². The van der Waals surface area contributed by atoms with Crippen LogP contribution in [0.3, 0.4) is 0 Å². The van der Waals surface area contributed by atoms with Crippen LogP contribution in [0, 0.1) is 4.77 Å². The number of carbonyl (C=O) groups is 1. The van der Waals surface area contributed by atoms with Crippen LogP contribution in [-0.2, 0) is 12.1 Å². The molecule has 0 atom stereocenters. The van der Waals surface area contributed by atoms with Gasteiger partial charge in [-0.1, -0.05) is 12.1 Å². The Balaban J connectivity index is 1.45. The van der Waals surface area contributed by atoms with Gasteiger partial charge in [-0.05, 0) is 61.0 Å². The van der Waals surface area contributed by atoms with Crippen LogP contribution < -0.4 is 20.3 Å². The number of hydrogen-bond donors (Lipinski definition) is 2. The minimum absolute atomic E-state index is 0.207. The first-order valence-corrected chi connectivity index (χ1v) is 10.0. The SMILES string of the molecule is C=CCn1c(=S)[nH]c2cc(C(=O)NC3(c4ccc5c(c4)OCO5)CC3)ccc2c1=O. The number of fused-ring (bicyclic) bond motifs is 2. The van der Waals surface area contributed by atoms with Gasteiger partial charge in [-0.15, -0.1) is 6.58 Å². The van der Waals surface area contributed by atoms with Gasteiger partial charge in [0.2, 0.25) is 6.79 Å². The molecule has 8 heteroatoms. The van der Waals surface area contributed by atoms with Crippen molar-refractivity contribution in [1.82, 2.24) is 14.9 Å². The van der Waals surface area contributed by atoms with Crippen molar-refractivity contribution in [2.24, 2.45) is 0 Å². The summed E-state index contributed by atoms with van der Waals surface area (Å²) in [5.41, 5.74) is 1.37. The molecule has 1 fully saturated rings. The topological polar surface area (TPSA) is 85.3 Å². The lowest BCUT2D eigenvalue weighted by Crippen LogP contribution is -2.34. The van der Waals surface area contributed by atoms with Gasteiger partial charge in [0, 0.05) is 12.1 Å². The zero-order chi connectivity index (χ0) is 20.9. The van der Waals surface area contributed by atoms with Gasteiger partial charge in [-0.25, -0.2) is 0 Å². The van der Waals surface area contributed by atoms with E-state index in [0.717, 1.165) is 18.4 Å². The summed E-state index contributed by atoms with van der Waals surface area (Å²) < 4.78 is 12.6. The number of H-pyrrole nitrogens is 1. The predicted octanol–water partition coefficient (Wildman–Crippen LogP) is 3.39. The number of aromatic amines is 1. The molecule has 2 N–H and O–H groups in total. The first-order valence-electron chi connectivity index (χ1n) is 9.61. The van der Waals surface area contributed by atoms with Crippen molar-refractivity contribution in [1.29, 1.82) is 0 Å². The Kier molecular flexibility index (Phi) is 4.25. The number of ether oxygens (including phenoxy) is 2. The Hall–Kier alpha value is -3.39. The van der Waals surface area contributed by atoms with Crippen molar-refractivity contribution in [3.63, 3.8) is 0 Å². The van der Waals surface area contributed by atoms with Crippen molar-refractivity contribution >= 4 is 29.0 Å². The van der Waals surface area contributed by atoms with E-state index in [1.54, 1.807) is 24.3 Å². The Morgan fingerprint density at radius 3 is 2.80 bits per heavy atom. The molecule has 3 aromatic rings. The van der Waals surface area contributed by atoms with Crippen molar-refractivity contribution in [3.8, 4) is 11.5 Å². The van der Waals surface area contributed by atoms with Crippen molar-refractivity contribution in [3.05, 3.63) is 75.3 Å². The van der Waals surface area contributed by atoms with Gasteiger partial charge in [-0.2, -0.15) is 0 Å². The van der Waals surface area contributed by atoms with Gasteiger partial charge in [0.15, 0.2) is 16.3 Å². The summed E-state index contributed by atoms with van der Waals surface area (Å²) in [6.07, 6.45) is 3.31. The fraction of sp³-hybridized carbons (Fsp3) is 0.227. The maximum Gasteiger partial charge on any atom is 0.262 e. The molecule has 0 saturated heterocycles. The number of allylic oxidation sites excluding steroid dienone is 1. The Morgan fingerprint density at radius 2 is 2.03 bits per heavy atom. The van der Waals surface area contributed by atoms with E-state index in [4.69, 9.17) is 21.7 Å². The minimum Gasteiger partial charge on any atom is -0.454 e. The molecule has 152 valence electrons. The second kappa shape index (κ2) is 6.84. The predicted molar refractivity (Wildman–Crippen MR) is 115 cm³/mol. The largest absolute Gasteiger partial charge is 0.454 e. The molecule has 2 heterocycles. The van der Waals surface area contributed by atoms with Crippen molar-refractivity contribution < 1.29 is 14.3 Å². The van der Waals surface area contributed by atoms with E-state index in [2.05, 4.69) is 16.9 Å². The van der Waals surface area contributed by atoms with Gasteiger partial charge in [0.25, 0.3) is 11.5 Å². The van der Waals surface area contributed by atoms with Gasteiger partial charge in [0.05, 0.1) is 16.4 Å². The number of nitrogens with one attached hydrogen (secondary N) is 2. The van der Waals surface area contributed by atoms with Crippen molar-refractivity contribution in [2.75, 3.05) is 6.79 Å². The molecule has 30 heavy (non-hydrogen) atoms. The molecule has 1 saturated carbocycles. The minimum atomic E-state index is -0.409. The molecule has 0 radical (unpaired) electrons. The van der Waals surface area contributed by atoms with E-state index in [0.29, 0.717) is 39.3 Å². The number of benzene rings is 2. The van der Waals surface area contributed by atoms with Crippen LogP contribution in [0.2, 0.25) is 0 Å². The highest BCUT2D eigenvalue weighted by molar-refractivity contribution is 7.71. The molecule has 5 rings (SSSR count). The molecule has 1 aliphatic carbocycles. The zero-order valence-corrected chi connectivity index (χ0v) is 16.9. The average molecular weight is 421 g/mol. The zero-order valence-electron chi connectivity index (χ0n) is 16.1. The summed E-state index contributed by atoms with van der Waals surface area (Å²) in [7, 11) is 0.